The van der Waals surface area contributed by atoms with E-state index in [9.17, 15) is 18.4 Å². The van der Waals surface area contributed by atoms with Gasteiger partial charge in [0.15, 0.2) is 5.78 Å². The molecule has 0 aromatic heterocycles. The zero-order valence-electron chi connectivity index (χ0n) is 11.2. The van der Waals surface area contributed by atoms with Crippen molar-refractivity contribution in [2.75, 3.05) is 18.0 Å². The minimum absolute atomic E-state index is 0.00997. The number of benzene rings is 1. The molecule has 1 saturated heterocycles. The van der Waals surface area contributed by atoms with Gasteiger partial charge >= 0.3 is 0 Å². The maximum Gasteiger partial charge on any atom is 0.220 e. The van der Waals surface area contributed by atoms with Crippen LogP contribution in [0.5, 0.6) is 0 Å². The van der Waals surface area contributed by atoms with Crippen LogP contribution in [-0.2, 0) is 4.79 Å². The normalized spacial score (nSPS) is 16.2. The first-order valence-electron chi connectivity index (χ1n) is 6.44. The molecule has 0 saturated carbocycles. The molecule has 4 nitrogen and oxygen atoms in total. The Labute approximate surface area is 115 Å². The number of hydrogen-bond donors (Lipinski definition) is 1. The summed E-state index contributed by atoms with van der Waals surface area (Å²) in [5.41, 5.74) is 5.09. The molecule has 1 amide bonds. The van der Waals surface area contributed by atoms with Gasteiger partial charge in [0.1, 0.15) is 17.3 Å². The minimum Gasteiger partial charge on any atom is -0.369 e. The van der Waals surface area contributed by atoms with Gasteiger partial charge in [0, 0.05) is 24.6 Å². The number of nitrogens with zero attached hydrogens (tertiary/aromatic N) is 1. The average Bonchev–Trinajstić information content (AvgIpc) is 2.38. The van der Waals surface area contributed by atoms with Crippen LogP contribution in [-0.4, -0.2) is 24.8 Å². The summed E-state index contributed by atoms with van der Waals surface area (Å²) in [6, 6.07) is 2.09. The molecule has 0 unspecified atom stereocenters. The second-order valence-electron chi connectivity index (χ2n) is 5.01. The third kappa shape index (κ3) is 2.79. The molecule has 2 N–H and O–H groups in total. The number of Topliss-reactive ketones (excluding diaryl/α,β-unsaturated/α-hetero) is 1. The fraction of sp³-hybridized carbons (Fsp3) is 0.429. The molecule has 1 aromatic rings. The molecule has 1 heterocycles. The van der Waals surface area contributed by atoms with Crippen LogP contribution in [0.2, 0.25) is 0 Å². The molecule has 0 radical (unpaired) electrons. The second-order valence-corrected chi connectivity index (χ2v) is 5.01. The number of amides is 1. The molecule has 20 heavy (non-hydrogen) atoms. The van der Waals surface area contributed by atoms with Gasteiger partial charge in [0.2, 0.25) is 5.91 Å². The lowest BCUT2D eigenvalue weighted by Crippen LogP contribution is -2.39. The van der Waals surface area contributed by atoms with Crippen LogP contribution < -0.4 is 10.6 Å². The number of ketones is 1. The molecule has 0 atom stereocenters. The van der Waals surface area contributed by atoms with Crippen LogP contribution in [0.25, 0.3) is 0 Å². The quantitative estimate of drug-likeness (QED) is 0.861. The van der Waals surface area contributed by atoms with E-state index in [0.29, 0.717) is 25.9 Å². The first-order chi connectivity index (χ1) is 9.40. The number of rotatable bonds is 3. The molecule has 1 aliphatic heterocycles. The predicted molar refractivity (Wildman–Crippen MR) is 70.5 cm³/mol. The number of halogens is 2. The van der Waals surface area contributed by atoms with E-state index >= 15 is 0 Å². The lowest BCUT2D eigenvalue weighted by atomic mass is 9.95. The van der Waals surface area contributed by atoms with E-state index < -0.39 is 11.6 Å². The Balaban J connectivity index is 2.22. The van der Waals surface area contributed by atoms with Crippen molar-refractivity contribution in [3.05, 3.63) is 29.3 Å². The Morgan fingerprint density at radius 1 is 1.20 bits per heavy atom. The smallest absolute Gasteiger partial charge is 0.220 e. The number of nitrogens with two attached hydrogens (primary N) is 1. The monoisotopic (exact) mass is 282 g/mol. The summed E-state index contributed by atoms with van der Waals surface area (Å²) in [6.07, 6.45) is 0.950. The van der Waals surface area contributed by atoms with Crippen LogP contribution in [0.3, 0.4) is 0 Å². The van der Waals surface area contributed by atoms with Crippen molar-refractivity contribution >= 4 is 17.4 Å². The van der Waals surface area contributed by atoms with E-state index in [4.69, 9.17) is 5.73 Å². The minimum atomic E-state index is -0.757. The predicted octanol–water partition coefficient (Wildman–Crippen LogP) is 1.87. The van der Waals surface area contributed by atoms with Crippen LogP contribution in [0.4, 0.5) is 14.5 Å². The zero-order chi connectivity index (χ0) is 14.9. The third-order valence-corrected chi connectivity index (χ3v) is 3.64. The van der Waals surface area contributed by atoms with E-state index in [1.54, 1.807) is 4.90 Å². The van der Waals surface area contributed by atoms with E-state index in [2.05, 4.69) is 0 Å². The average molecular weight is 282 g/mol. The SMILES string of the molecule is CC(=O)c1cc(F)c(N2CCC(C(N)=O)CC2)c(F)c1. The van der Waals surface area contributed by atoms with Crippen molar-refractivity contribution < 1.29 is 18.4 Å². The van der Waals surface area contributed by atoms with E-state index in [1.807, 2.05) is 0 Å². The molecular formula is C14H16F2N2O2. The van der Waals surface area contributed by atoms with Crippen molar-refractivity contribution in [1.82, 2.24) is 0 Å². The number of primary amides is 1. The Morgan fingerprint density at radius 3 is 2.10 bits per heavy atom. The van der Waals surface area contributed by atoms with Gasteiger partial charge in [-0.15, -0.1) is 0 Å². The second kappa shape index (κ2) is 5.56. The van der Waals surface area contributed by atoms with E-state index in [0.717, 1.165) is 12.1 Å². The Hall–Kier alpha value is -1.98. The Morgan fingerprint density at radius 2 is 1.70 bits per heavy atom. The number of piperidine rings is 1. The highest BCUT2D eigenvalue weighted by Crippen LogP contribution is 2.29. The fourth-order valence-corrected chi connectivity index (χ4v) is 2.46. The van der Waals surface area contributed by atoms with Gasteiger partial charge in [-0.3, -0.25) is 9.59 Å². The number of hydrogen-bond acceptors (Lipinski definition) is 3. The van der Waals surface area contributed by atoms with E-state index in [-0.39, 0.29) is 28.9 Å². The molecule has 0 bridgehead atoms. The van der Waals surface area contributed by atoms with Crippen LogP contribution in [0.1, 0.15) is 30.1 Å². The zero-order valence-corrected chi connectivity index (χ0v) is 11.2. The molecule has 2 rings (SSSR count). The summed E-state index contributed by atoms with van der Waals surface area (Å²) >= 11 is 0. The number of anilines is 1. The lowest BCUT2D eigenvalue weighted by Gasteiger charge is -2.32. The van der Waals surface area contributed by atoms with Crippen LogP contribution in [0, 0.1) is 17.6 Å². The lowest BCUT2D eigenvalue weighted by molar-refractivity contribution is -0.122. The molecule has 1 aliphatic rings. The highest BCUT2D eigenvalue weighted by Gasteiger charge is 2.27. The van der Waals surface area contributed by atoms with Gasteiger partial charge in [-0.2, -0.15) is 0 Å². The highest BCUT2D eigenvalue weighted by atomic mass is 19.1. The molecule has 6 heteroatoms. The first-order valence-corrected chi connectivity index (χ1v) is 6.44. The summed E-state index contributed by atoms with van der Waals surface area (Å²) in [5.74, 6) is -2.52. The molecule has 0 aliphatic carbocycles. The van der Waals surface area contributed by atoms with Gasteiger partial charge in [-0.25, -0.2) is 8.78 Å². The Bertz CT molecular complexity index is 529. The Kier molecular flexibility index (Phi) is 4.01. The van der Waals surface area contributed by atoms with Crippen molar-refractivity contribution in [3.8, 4) is 0 Å². The highest BCUT2D eigenvalue weighted by molar-refractivity contribution is 5.94. The standard InChI is InChI=1S/C14H16F2N2O2/c1-8(19)10-6-11(15)13(12(16)7-10)18-4-2-9(3-5-18)14(17)20/h6-7,9H,2-5H2,1H3,(H2,17,20). The summed E-state index contributed by atoms with van der Waals surface area (Å²) in [7, 11) is 0. The van der Waals surface area contributed by atoms with Gasteiger partial charge in [0.05, 0.1) is 0 Å². The van der Waals surface area contributed by atoms with Crippen molar-refractivity contribution in [1.29, 1.82) is 0 Å². The number of carbonyl (C=O) groups is 2. The molecule has 0 spiro atoms. The molecule has 1 aromatic carbocycles. The first kappa shape index (κ1) is 14.4. The van der Waals surface area contributed by atoms with Crippen molar-refractivity contribution in [2.24, 2.45) is 11.7 Å². The number of carbonyl (C=O) groups excluding carboxylic acids is 2. The summed E-state index contributed by atoms with van der Waals surface area (Å²) in [5, 5.41) is 0. The van der Waals surface area contributed by atoms with Gasteiger partial charge < -0.3 is 10.6 Å². The largest absolute Gasteiger partial charge is 0.369 e. The summed E-state index contributed by atoms with van der Waals surface area (Å²) in [6.45, 7) is 1.98. The maximum atomic E-state index is 14.0. The molecular weight excluding hydrogens is 266 g/mol. The molecule has 108 valence electrons. The van der Waals surface area contributed by atoms with Crippen LogP contribution in [0.15, 0.2) is 12.1 Å². The van der Waals surface area contributed by atoms with E-state index in [1.165, 1.54) is 6.92 Å². The topological polar surface area (TPSA) is 63.4 Å². The summed E-state index contributed by atoms with van der Waals surface area (Å²) in [4.78, 5) is 23.8. The van der Waals surface area contributed by atoms with Crippen molar-refractivity contribution in [3.63, 3.8) is 0 Å². The third-order valence-electron chi connectivity index (χ3n) is 3.64. The van der Waals surface area contributed by atoms with Crippen molar-refractivity contribution in [2.45, 2.75) is 19.8 Å². The van der Waals surface area contributed by atoms with Gasteiger partial charge in [-0.1, -0.05) is 0 Å². The summed E-state index contributed by atoms with van der Waals surface area (Å²) < 4.78 is 28.0. The van der Waals surface area contributed by atoms with Crippen LogP contribution >= 0.6 is 0 Å². The molecule has 1 fully saturated rings. The van der Waals surface area contributed by atoms with Gasteiger partial charge in [-0.05, 0) is 31.9 Å². The maximum absolute atomic E-state index is 14.0. The fourth-order valence-electron chi connectivity index (χ4n) is 2.46. The van der Waals surface area contributed by atoms with Gasteiger partial charge in [0.25, 0.3) is 0 Å².